The summed E-state index contributed by atoms with van der Waals surface area (Å²) >= 11 is -1.60. The Bertz CT molecular complexity index is 137. The average molecular weight is 206 g/mol. The highest BCUT2D eigenvalue weighted by Gasteiger charge is 2.03. The molecule has 0 heterocycles. The zero-order valence-corrected chi connectivity index (χ0v) is 9.61. The van der Waals surface area contributed by atoms with Crippen molar-refractivity contribution in [3.8, 4) is 0 Å². The number of rotatable bonds is 8. The summed E-state index contributed by atoms with van der Waals surface area (Å²) in [5, 5.41) is 0. The van der Waals surface area contributed by atoms with Crippen LogP contribution in [0.1, 0.15) is 52.4 Å². The van der Waals surface area contributed by atoms with E-state index in [0.29, 0.717) is 11.7 Å². The predicted octanol–water partition coefficient (Wildman–Crippen LogP) is 3.20. The second kappa shape index (κ2) is 8.70. The molecule has 2 unspecified atom stereocenters. The van der Waals surface area contributed by atoms with Crippen molar-refractivity contribution in [2.45, 2.75) is 52.4 Å². The van der Waals surface area contributed by atoms with Gasteiger partial charge in [0, 0.05) is 5.75 Å². The van der Waals surface area contributed by atoms with E-state index in [1.54, 1.807) is 0 Å². The average Bonchev–Trinajstić information content (AvgIpc) is 2.09. The van der Waals surface area contributed by atoms with Crippen molar-refractivity contribution in [1.82, 2.24) is 0 Å². The van der Waals surface area contributed by atoms with Gasteiger partial charge in [0.05, 0.1) is 0 Å². The van der Waals surface area contributed by atoms with E-state index in [-0.39, 0.29) is 0 Å². The lowest BCUT2D eigenvalue weighted by atomic mass is 10.0. The largest absolute Gasteiger partial charge is 0.306 e. The summed E-state index contributed by atoms with van der Waals surface area (Å²) in [6.45, 7) is 4.37. The Hall–Kier alpha value is 0.110. The summed E-state index contributed by atoms with van der Waals surface area (Å²) in [5.41, 5.74) is 0. The minimum absolute atomic E-state index is 0.439. The first-order valence-corrected chi connectivity index (χ1v) is 6.51. The van der Waals surface area contributed by atoms with Crippen LogP contribution in [0.2, 0.25) is 0 Å². The molecule has 13 heavy (non-hydrogen) atoms. The van der Waals surface area contributed by atoms with E-state index >= 15 is 0 Å². The van der Waals surface area contributed by atoms with E-state index in [1.807, 2.05) is 0 Å². The van der Waals surface area contributed by atoms with E-state index in [0.717, 1.165) is 6.42 Å². The first-order valence-electron chi connectivity index (χ1n) is 5.24. The second-order valence-corrected chi connectivity index (χ2v) is 4.82. The van der Waals surface area contributed by atoms with Crippen molar-refractivity contribution >= 4 is 11.1 Å². The van der Waals surface area contributed by atoms with E-state index in [2.05, 4.69) is 13.8 Å². The van der Waals surface area contributed by atoms with Crippen LogP contribution in [0, 0.1) is 5.92 Å². The normalized spacial score (nSPS) is 15.6. The van der Waals surface area contributed by atoms with Gasteiger partial charge in [-0.15, -0.1) is 0 Å². The van der Waals surface area contributed by atoms with Crippen LogP contribution in [-0.4, -0.2) is 14.5 Å². The van der Waals surface area contributed by atoms with Crippen LogP contribution in [0.5, 0.6) is 0 Å². The van der Waals surface area contributed by atoms with Crippen LogP contribution in [0.3, 0.4) is 0 Å². The fourth-order valence-electron chi connectivity index (χ4n) is 1.37. The van der Waals surface area contributed by atoms with Gasteiger partial charge in [-0.3, -0.25) is 0 Å². The number of hydrogen-bond donors (Lipinski definition) is 1. The molecule has 0 aromatic rings. The zero-order chi connectivity index (χ0) is 10.1. The van der Waals surface area contributed by atoms with E-state index in [9.17, 15) is 4.21 Å². The molecule has 0 rings (SSSR count). The van der Waals surface area contributed by atoms with Gasteiger partial charge in [-0.2, -0.15) is 0 Å². The number of hydrogen-bond acceptors (Lipinski definition) is 1. The lowest BCUT2D eigenvalue weighted by Gasteiger charge is -2.08. The summed E-state index contributed by atoms with van der Waals surface area (Å²) in [4.78, 5) is 0. The van der Waals surface area contributed by atoms with Crippen LogP contribution in [0.25, 0.3) is 0 Å². The lowest BCUT2D eigenvalue weighted by molar-refractivity contribution is 0.471. The van der Waals surface area contributed by atoms with Crippen LogP contribution in [-0.2, 0) is 11.1 Å². The molecule has 2 atom stereocenters. The molecule has 0 saturated carbocycles. The Morgan fingerprint density at radius 3 is 2.46 bits per heavy atom. The molecule has 1 N–H and O–H groups in total. The number of unbranched alkanes of at least 4 members (excludes halogenated alkanes) is 3. The standard InChI is InChI=1S/C10H22O2S/c1-3-4-5-6-7-10(2)8-9-13(11)12/h10H,3-9H2,1-2H3,(H,11,12). The quantitative estimate of drug-likeness (QED) is 0.489. The molecule has 3 heteroatoms. The topological polar surface area (TPSA) is 37.3 Å². The molecule has 0 spiro atoms. The van der Waals surface area contributed by atoms with Gasteiger partial charge in [-0.25, -0.2) is 4.21 Å². The minimum atomic E-state index is -1.60. The zero-order valence-electron chi connectivity index (χ0n) is 8.79. The fourth-order valence-corrected chi connectivity index (χ4v) is 1.97. The monoisotopic (exact) mass is 206 g/mol. The third-order valence-corrected chi connectivity index (χ3v) is 2.92. The fraction of sp³-hybridized carbons (Fsp3) is 1.00. The van der Waals surface area contributed by atoms with Crippen molar-refractivity contribution < 1.29 is 8.76 Å². The first-order chi connectivity index (χ1) is 6.16. The minimum Gasteiger partial charge on any atom is -0.306 e. The van der Waals surface area contributed by atoms with E-state index in [1.165, 1.54) is 32.1 Å². The maximum atomic E-state index is 10.4. The van der Waals surface area contributed by atoms with Gasteiger partial charge >= 0.3 is 0 Å². The molecule has 0 aliphatic rings. The predicted molar refractivity (Wildman–Crippen MR) is 58.2 cm³/mol. The highest BCUT2D eigenvalue weighted by atomic mass is 32.2. The summed E-state index contributed by atoms with van der Waals surface area (Å²) in [7, 11) is 0. The third-order valence-electron chi connectivity index (χ3n) is 2.34. The molecular weight excluding hydrogens is 184 g/mol. The molecule has 0 radical (unpaired) electrons. The smallest absolute Gasteiger partial charge is 0.152 e. The van der Waals surface area contributed by atoms with Crippen molar-refractivity contribution in [3.63, 3.8) is 0 Å². The lowest BCUT2D eigenvalue weighted by Crippen LogP contribution is -2.02. The van der Waals surface area contributed by atoms with Gasteiger partial charge in [-0.05, 0) is 12.3 Å². The highest BCUT2D eigenvalue weighted by Crippen LogP contribution is 2.13. The maximum absolute atomic E-state index is 10.4. The first kappa shape index (κ1) is 13.1. The second-order valence-electron chi connectivity index (χ2n) is 3.77. The Kier molecular flexibility index (Phi) is 8.77. The van der Waals surface area contributed by atoms with Crippen molar-refractivity contribution in [2.24, 2.45) is 5.92 Å². The Morgan fingerprint density at radius 1 is 1.23 bits per heavy atom. The molecule has 80 valence electrons. The third kappa shape index (κ3) is 10.0. The molecule has 0 amide bonds. The molecule has 0 aliphatic heterocycles. The SMILES string of the molecule is CCCCCCC(C)CCS(=O)O. The van der Waals surface area contributed by atoms with Gasteiger partial charge in [0.15, 0.2) is 11.1 Å². The molecule has 0 aromatic carbocycles. The molecular formula is C10H22O2S. The van der Waals surface area contributed by atoms with Crippen LogP contribution < -0.4 is 0 Å². The molecule has 0 saturated heterocycles. The summed E-state index contributed by atoms with van der Waals surface area (Å²) in [6.07, 6.45) is 7.26. The van der Waals surface area contributed by atoms with Gasteiger partial charge in [0.25, 0.3) is 0 Å². The van der Waals surface area contributed by atoms with Gasteiger partial charge < -0.3 is 4.55 Å². The molecule has 0 aliphatic carbocycles. The van der Waals surface area contributed by atoms with Gasteiger partial charge in [0.2, 0.25) is 0 Å². The van der Waals surface area contributed by atoms with Gasteiger partial charge in [0.1, 0.15) is 0 Å². The molecule has 0 fully saturated rings. The van der Waals surface area contributed by atoms with Gasteiger partial charge in [-0.1, -0.05) is 46.0 Å². The van der Waals surface area contributed by atoms with Crippen molar-refractivity contribution in [2.75, 3.05) is 5.75 Å². The maximum Gasteiger partial charge on any atom is 0.152 e. The van der Waals surface area contributed by atoms with Crippen molar-refractivity contribution in [1.29, 1.82) is 0 Å². The summed E-state index contributed by atoms with van der Waals surface area (Å²) < 4.78 is 19.0. The summed E-state index contributed by atoms with van der Waals surface area (Å²) in [5.74, 6) is 1.04. The van der Waals surface area contributed by atoms with Crippen LogP contribution in [0.15, 0.2) is 0 Å². The van der Waals surface area contributed by atoms with E-state index in [4.69, 9.17) is 4.55 Å². The van der Waals surface area contributed by atoms with Crippen LogP contribution >= 0.6 is 0 Å². The summed E-state index contributed by atoms with van der Waals surface area (Å²) in [6, 6.07) is 0. The molecule has 2 nitrogen and oxygen atoms in total. The van der Waals surface area contributed by atoms with Crippen molar-refractivity contribution in [3.05, 3.63) is 0 Å². The molecule has 0 bridgehead atoms. The van der Waals surface area contributed by atoms with E-state index < -0.39 is 11.1 Å². The highest BCUT2D eigenvalue weighted by molar-refractivity contribution is 7.79. The molecule has 0 aromatic heterocycles. The Morgan fingerprint density at radius 2 is 1.92 bits per heavy atom. The Balaban J connectivity index is 3.19. The van der Waals surface area contributed by atoms with Crippen LogP contribution in [0.4, 0.5) is 0 Å². The Labute approximate surface area is 84.4 Å².